The van der Waals surface area contributed by atoms with E-state index in [0.717, 1.165) is 12.5 Å². The molecule has 0 saturated carbocycles. The van der Waals surface area contributed by atoms with Crippen molar-refractivity contribution in [1.82, 2.24) is 5.32 Å². The number of carbonyl (C=O) groups is 1. The maximum absolute atomic E-state index is 13.2. The molecular weight excluding hydrogens is 231 g/mol. The Hall–Kier alpha value is -1.52. The van der Waals surface area contributed by atoms with Crippen molar-refractivity contribution in [2.75, 3.05) is 6.54 Å². The third-order valence-corrected chi connectivity index (χ3v) is 2.31. The largest absolute Gasteiger partial charge is 0.356 e. The molecule has 0 aliphatic heterocycles. The highest BCUT2D eigenvalue weighted by Gasteiger charge is 2.12. The fraction of sp³-hybridized carbons (Fsp3) is 0.417. The van der Waals surface area contributed by atoms with Crippen LogP contribution in [0.4, 0.5) is 13.2 Å². The summed E-state index contributed by atoms with van der Waals surface area (Å²) in [6, 6.07) is 2.06. The Morgan fingerprint density at radius 1 is 1.24 bits per heavy atom. The highest BCUT2D eigenvalue weighted by molar-refractivity contribution is 5.75. The van der Waals surface area contributed by atoms with Crippen molar-refractivity contribution in [3.8, 4) is 0 Å². The first kappa shape index (κ1) is 13.5. The van der Waals surface area contributed by atoms with Gasteiger partial charge in [-0.1, -0.05) is 13.0 Å². The van der Waals surface area contributed by atoms with Crippen LogP contribution in [-0.4, -0.2) is 12.5 Å². The van der Waals surface area contributed by atoms with Gasteiger partial charge in [0, 0.05) is 13.0 Å². The zero-order valence-electron chi connectivity index (χ0n) is 9.53. The van der Waals surface area contributed by atoms with E-state index in [1.54, 1.807) is 0 Å². The standard InChI is InChI=1S/C12H14F3NO/c1-2-3-10(17)16-7-6-8-4-5-9(13)12(15)11(8)14/h4-5H,2-3,6-7H2,1H3,(H,16,17). The second-order valence-electron chi connectivity index (χ2n) is 3.68. The zero-order chi connectivity index (χ0) is 12.8. The van der Waals surface area contributed by atoms with E-state index in [1.807, 2.05) is 6.92 Å². The molecule has 0 bridgehead atoms. The molecule has 94 valence electrons. The molecule has 0 spiro atoms. The first-order chi connectivity index (χ1) is 8.06. The van der Waals surface area contributed by atoms with Crippen LogP contribution < -0.4 is 5.32 Å². The van der Waals surface area contributed by atoms with Gasteiger partial charge in [0.15, 0.2) is 17.5 Å². The van der Waals surface area contributed by atoms with E-state index in [2.05, 4.69) is 5.32 Å². The number of halogens is 3. The minimum Gasteiger partial charge on any atom is -0.356 e. The summed E-state index contributed by atoms with van der Waals surface area (Å²) in [5, 5.41) is 2.57. The molecule has 1 aromatic carbocycles. The van der Waals surface area contributed by atoms with Gasteiger partial charge in [-0.3, -0.25) is 4.79 Å². The lowest BCUT2D eigenvalue weighted by molar-refractivity contribution is -0.121. The van der Waals surface area contributed by atoms with Gasteiger partial charge in [-0.25, -0.2) is 13.2 Å². The van der Waals surface area contributed by atoms with Crippen molar-refractivity contribution in [2.45, 2.75) is 26.2 Å². The maximum atomic E-state index is 13.2. The molecule has 1 N–H and O–H groups in total. The summed E-state index contributed by atoms with van der Waals surface area (Å²) in [5.74, 6) is -3.99. The fourth-order valence-corrected chi connectivity index (χ4v) is 1.41. The van der Waals surface area contributed by atoms with Crippen molar-refractivity contribution in [3.05, 3.63) is 35.1 Å². The van der Waals surface area contributed by atoms with Gasteiger partial charge in [-0.15, -0.1) is 0 Å². The van der Waals surface area contributed by atoms with Crippen molar-refractivity contribution in [3.63, 3.8) is 0 Å². The minimum absolute atomic E-state index is 0.0562. The summed E-state index contributed by atoms with van der Waals surface area (Å²) < 4.78 is 38.7. The minimum atomic E-state index is -1.47. The van der Waals surface area contributed by atoms with Crippen LogP contribution in [0.3, 0.4) is 0 Å². The van der Waals surface area contributed by atoms with Gasteiger partial charge < -0.3 is 5.32 Å². The quantitative estimate of drug-likeness (QED) is 0.794. The summed E-state index contributed by atoms with van der Waals surface area (Å²) in [5.41, 5.74) is 0.0562. The second kappa shape index (κ2) is 6.27. The second-order valence-corrected chi connectivity index (χ2v) is 3.68. The van der Waals surface area contributed by atoms with Crippen LogP contribution in [0.25, 0.3) is 0 Å². The van der Waals surface area contributed by atoms with Crippen molar-refractivity contribution in [2.24, 2.45) is 0 Å². The highest BCUT2D eigenvalue weighted by Crippen LogP contribution is 2.15. The Morgan fingerprint density at radius 2 is 1.94 bits per heavy atom. The molecule has 0 unspecified atom stereocenters. The summed E-state index contributed by atoms with van der Waals surface area (Å²) in [6.45, 7) is 2.08. The Labute approximate surface area is 97.8 Å². The number of carbonyl (C=O) groups excluding carboxylic acids is 1. The Kier molecular flexibility index (Phi) is 5.00. The molecule has 1 amide bonds. The topological polar surface area (TPSA) is 29.1 Å². The summed E-state index contributed by atoms with van der Waals surface area (Å²) in [4.78, 5) is 11.1. The molecular formula is C12H14F3NO. The van der Waals surface area contributed by atoms with Crippen LogP contribution in [-0.2, 0) is 11.2 Å². The normalized spacial score (nSPS) is 10.4. The smallest absolute Gasteiger partial charge is 0.219 e. The van der Waals surface area contributed by atoms with E-state index in [9.17, 15) is 18.0 Å². The predicted octanol–water partition coefficient (Wildman–Crippen LogP) is 2.56. The lowest BCUT2D eigenvalue weighted by Gasteiger charge is -2.06. The Balaban J connectivity index is 2.53. The van der Waals surface area contributed by atoms with E-state index in [4.69, 9.17) is 0 Å². The van der Waals surface area contributed by atoms with Crippen molar-refractivity contribution in [1.29, 1.82) is 0 Å². The first-order valence-electron chi connectivity index (χ1n) is 5.45. The van der Waals surface area contributed by atoms with Gasteiger partial charge in [-0.05, 0) is 24.5 Å². The van der Waals surface area contributed by atoms with Gasteiger partial charge >= 0.3 is 0 Å². The number of benzene rings is 1. The molecule has 17 heavy (non-hydrogen) atoms. The molecule has 1 aromatic rings. The van der Waals surface area contributed by atoms with Crippen LogP contribution >= 0.6 is 0 Å². The lowest BCUT2D eigenvalue weighted by Crippen LogP contribution is -2.25. The van der Waals surface area contributed by atoms with E-state index in [-0.39, 0.29) is 24.4 Å². The average molecular weight is 245 g/mol. The first-order valence-corrected chi connectivity index (χ1v) is 5.45. The molecule has 0 radical (unpaired) electrons. The predicted molar refractivity (Wildman–Crippen MR) is 57.9 cm³/mol. The van der Waals surface area contributed by atoms with E-state index in [0.29, 0.717) is 6.42 Å². The third-order valence-electron chi connectivity index (χ3n) is 2.31. The SMILES string of the molecule is CCCC(=O)NCCc1ccc(F)c(F)c1F. The number of hydrogen-bond donors (Lipinski definition) is 1. The average Bonchev–Trinajstić information content (AvgIpc) is 2.29. The molecule has 0 atom stereocenters. The van der Waals surface area contributed by atoms with Crippen LogP contribution in [0.5, 0.6) is 0 Å². The Bertz CT molecular complexity index is 407. The van der Waals surface area contributed by atoms with Crippen LogP contribution in [0.1, 0.15) is 25.3 Å². The van der Waals surface area contributed by atoms with Crippen LogP contribution in [0, 0.1) is 17.5 Å². The molecule has 1 rings (SSSR count). The molecule has 0 aliphatic rings. The third kappa shape index (κ3) is 3.76. The van der Waals surface area contributed by atoms with Crippen molar-refractivity contribution < 1.29 is 18.0 Å². The van der Waals surface area contributed by atoms with E-state index < -0.39 is 17.5 Å². The van der Waals surface area contributed by atoms with Gasteiger partial charge in [-0.2, -0.15) is 0 Å². The lowest BCUT2D eigenvalue weighted by atomic mass is 10.1. The number of rotatable bonds is 5. The molecule has 0 fully saturated rings. The molecule has 0 saturated heterocycles. The summed E-state index contributed by atoms with van der Waals surface area (Å²) in [7, 11) is 0. The summed E-state index contributed by atoms with van der Waals surface area (Å²) >= 11 is 0. The zero-order valence-corrected chi connectivity index (χ0v) is 9.53. The van der Waals surface area contributed by atoms with Gasteiger partial charge in [0.25, 0.3) is 0 Å². The highest BCUT2D eigenvalue weighted by atomic mass is 19.2. The maximum Gasteiger partial charge on any atom is 0.219 e. The monoisotopic (exact) mass is 245 g/mol. The molecule has 5 heteroatoms. The van der Waals surface area contributed by atoms with E-state index in [1.165, 1.54) is 6.07 Å². The fourth-order valence-electron chi connectivity index (χ4n) is 1.41. The number of amides is 1. The van der Waals surface area contributed by atoms with Gasteiger partial charge in [0.2, 0.25) is 5.91 Å². The van der Waals surface area contributed by atoms with Crippen molar-refractivity contribution >= 4 is 5.91 Å². The molecule has 0 aromatic heterocycles. The number of nitrogens with one attached hydrogen (secondary N) is 1. The molecule has 2 nitrogen and oxygen atoms in total. The molecule has 0 heterocycles. The van der Waals surface area contributed by atoms with Gasteiger partial charge in [0.1, 0.15) is 0 Å². The Morgan fingerprint density at radius 3 is 2.59 bits per heavy atom. The number of hydrogen-bond acceptors (Lipinski definition) is 1. The van der Waals surface area contributed by atoms with Gasteiger partial charge in [0.05, 0.1) is 0 Å². The van der Waals surface area contributed by atoms with Crippen LogP contribution in [0.2, 0.25) is 0 Å². The molecule has 0 aliphatic carbocycles. The van der Waals surface area contributed by atoms with Crippen LogP contribution in [0.15, 0.2) is 12.1 Å². The summed E-state index contributed by atoms with van der Waals surface area (Å²) in [6.07, 6.45) is 1.27. The van der Waals surface area contributed by atoms with E-state index >= 15 is 0 Å².